The van der Waals surface area contributed by atoms with E-state index in [1.807, 2.05) is 30.3 Å². The molecule has 1 aromatic heterocycles. The zero-order chi connectivity index (χ0) is 17.8. The summed E-state index contributed by atoms with van der Waals surface area (Å²) in [6, 6.07) is 12.1. The van der Waals surface area contributed by atoms with E-state index < -0.39 is 5.91 Å². The molecule has 0 spiro atoms. The van der Waals surface area contributed by atoms with Gasteiger partial charge in [0.2, 0.25) is 0 Å². The van der Waals surface area contributed by atoms with Crippen LogP contribution in [0.3, 0.4) is 0 Å². The Morgan fingerprint density at radius 1 is 1.08 bits per heavy atom. The second-order valence-corrected chi connectivity index (χ2v) is 6.07. The molecule has 9 heteroatoms. The fourth-order valence-corrected chi connectivity index (χ4v) is 2.84. The van der Waals surface area contributed by atoms with E-state index in [0.717, 1.165) is 5.56 Å². The van der Waals surface area contributed by atoms with E-state index in [1.165, 1.54) is 12.1 Å². The largest absolute Gasteiger partial charge is 0.439 e. The maximum absolute atomic E-state index is 12.0. The molecule has 128 valence electrons. The highest BCUT2D eigenvalue weighted by Gasteiger charge is 2.14. The van der Waals surface area contributed by atoms with Crippen molar-refractivity contribution in [3.8, 4) is 17.5 Å². The van der Waals surface area contributed by atoms with E-state index in [-0.39, 0.29) is 28.4 Å². The molecule has 0 aliphatic carbocycles. The number of carbonyl (C=O) groups is 1. The number of amides is 1. The average Bonchev–Trinajstić information content (AvgIpc) is 3.06. The van der Waals surface area contributed by atoms with Crippen LogP contribution < -0.4 is 10.1 Å². The lowest BCUT2D eigenvalue weighted by molar-refractivity contribution is -0.118. The first kappa shape index (κ1) is 17.5. The second-order valence-electron chi connectivity index (χ2n) is 4.82. The van der Waals surface area contributed by atoms with Crippen LogP contribution in [-0.2, 0) is 4.79 Å². The summed E-state index contributed by atoms with van der Waals surface area (Å²) in [5, 5.41) is 10.9. The maximum Gasteiger partial charge on any atom is 0.415 e. The van der Waals surface area contributed by atoms with Crippen LogP contribution in [-0.4, -0.2) is 22.7 Å². The first-order valence-corrected chi connectivity index (χ1v) is 8.12. The molecular weight excluding hydrogens is 389 g/mol. The summed E-state index contributed by atoms with van der Waals surface area (Å²) in [6.07, 6.45) is -0.123. The van der Waals surface area contributed by atoms with Gasteiger partial charge in [0.1, 0.15) is 0 Å². The standard InChI is InChI=1S/C16H10Cl3N3O3/c17-10-6-11(18)14(12(19)7-10)20-13(23)8-24-16-22-21-15(25-16)9-4-2-1-3-5-9/h1-7H,8H2,(H,20,23). The van der Waals surface area contributed by atoms with Crippen LogP contribution in [0.5, 0.6) is 6.08 Å². The van der Waals surface area contributed by atoms with Crippen molar-refractivity contribution in [1.82, 2.24) is 10.2 Å². The molecule has 1 heterocycles. The molecule has 0 aliphatic heterocycles. The maximum atomic E-state index is 12.0. The van der Waals surface area contributed by atoms with Gasteiger partial charge in [-0.05, 0) is 24.3 Å². The molecule has 0 saturated heterocycles. The second kappa shape index (κ2) is 7.74. The molecule has 0 saturated carbocycles. The van der Waals surface area contributed by atoms with Gasteiger partial charge in [0.15, 0.2) is 6.61 Å². The molecule has 0 atom stereocenters. The average molecular weight is 399 g/mol. The molecule has 25 heavy (non-hydrogen) atoms. The molecule has 1 amide bonds. The Hall–Kier alpha value is -2.28. The molecule has 0 unspecified atom stereocenters. The normalized spacial score (nSPS) is 10.5. The van der Waals surface area contributed by atoms with Crippen LogP contribution in [0.15, 0.2) is 46.9 Å². The van der Waals surface area contributed by atoms with Gasteiger partial charge in [-0.15, -0.1) is 5.10 Å². The van der Waals surface area contributed by atoms with Crippen molar-refractivity contribution in [3.05, 3.63) is 57.5 Å². The third-order valence-corrected chi connectivity index (χ3v) is 3.84. The van der Waals surface area contributed by atoms with Crippen LogP contribution >= 0.6 is 34.8 Å². The van der Waals surface area contributed by atoms with Gasteiger partial charge in [-0.3, -0.25) is 4.79 Å². The lowest BCUT2D eigenvalue weighted by Crippen LogP contribution is -2.20. The molecule has 3 aromatic rings. The van der Waals surface area contributed by atoms with Gasteiger partial charge in [0.05, 0.1) is 15.7 Å². The van der Waals surface area contributed by atoms with Crippen LogP contribution in [0.1, 0.15) is 0 Å². The monoisotopic (exact) mass is 397 g/mol. The van der Waals surface area contributed by atoms with E-state index in [0.29, 0.717) is 10.9 Å². The lowest BCUT2D eigenvalue weighted by atomic mass is 10.2. The first-order valence-electron chi connectivity index (χ1n) is 6.99. The summed E-state index contributed by atoms with van der Waals surface area (Å²) in [4.78, 5) is 12.0. The number of halogens is 3. The smallest absolute Gasteiger partial charge is 0.415 e. The Balaban J connectivity index is 1.61. The third-order valence-electron chi connectivity index (χ3n) is 3.03. The minimum Gasteiger partial charge on any atom is -0.439 e. The number of benzene rings is 2. The van der Waals surface area contributed by atoms with E-state index in [2.05, 4.69) is 15.5 Å². The molecule has 0 radical (unpaired) electrons. The predicted molar refractivity (Wildman–Crippen MR) is 95.3 cm³/mol. The number of rotatable bonds is 5. The summed E-state index contributed by atoms with van der Waals surface area (Å²) in [7, 11) is 0. The van der Waals surface area contributed by atoms with Crippen LogP contribution in [0, 0.1) is 0 Å². The minimum atomic E-state index is -0.495. The third kappa shape index (κ3) is 4.42. The number of nitrogens with zero attached hydrogens (tertiary/aromatic N) is 2. The van der Waals surface area contributed by atoms with E-state index >= 15 is 0 Å². The van der Waals surface area contributed by atoms with Gasteiger partial charge in [-0.1, -0.05) is 58.1 Å². The predicted octanol–water partition coefficient (Wildman–Crippen LogP) is 4.71. The van der Waals surface area contributed by atoms with Crippen molar-refractivity contribution >= 4 is 46.4 Å². The Kier molecular flexibility index (Phi) is 5.43. The zero-order valence-corrected chi connectivity index (χ0v) is 14.8. The van der Waals surface area contributed by atoms with Crippen molar-refractivity contribution in [2.24, 2.45) is 0 Å². The van der Waals surface area contributed by atoms with Gasteiger partial charge in [-0.25, -0.2) is 0 Å². The van der Waals surface area contributed by atoms with Crippen LogP contribution in [0.4, 0.5) is 5.69 Å². The summed E-state index contributed by atoms with van der Waals surface area (Å²) in [6.45, 7) is -0.355. The van der Waals surface area contributed by atoms with Crippen molar-refractivity contribution < 1.29 is 13.9 Å². The van der Waals surface area contributed by atoms with Crippen molar-refractivity contribution in [3.63, 3.8) is 0 Å². The Bertz CT molecular complexity index is 877. The van der Waals surface area contributed by atoms with Gasteiger partial charge >= 0.3 is 6.08 Å². The Labute approximate surface area is 157 Å². The van der Waals surface area contributed by atoms with Gasteiger partial charge in [0, 0.05) is 10.6 Å². The first-order chi connectivity index (χ1) is 12.0. The summed E-state index contributed by atoms with van der Waals surface area (Å²) < 4.78 is 10.5. The SMILES string of the molecule is O=C(COc1nnc(-c2ccccc2)o1)Nc1c(Cl)cc(Cl)cc1Cl. The number of aromatic nitrogens is 2. The van der Waals surface area contributed by atoms with Gasteiger partial charge in [-0.2, -0.15) is 0 Å². The number of hydrogen-bond donors (Lipinski definition) is 1. The van der Waals surface area contributed by atoms with Gasteiger partial charge < -0.3 is 14.5 Å². The van der Waals surface area contributed by atoms with E-state index in [9.17, 15) is 4.79 Å². The Morgan fingerprint density at radius 2 is 1.76 bits per heavy atom. The highest BCUT2D eigenvalue weighted by atomic mass is 35.5. The molecule has 0 fully saturated rings. The number of carbonyl (C=O) groups excluding carboxylic acids is 1. The van der Waals surface area contributed by atoms with E-state index in [4.69, 9.17) is 44.0 Å². The highest BCUT2D eigenvalue weighted by Crippen LogP contribution is 2.33. The van der Waals surface area contributed by atoms with Crippen molar-refractivity contribution in [2.45, 2.75) is 0 Å². The minimum absolute atomic E-state index is 0.123. The molecule has 1 N–H and O–H groups in total. The number of ether oxygens (including phenoxy) is 1. The molecular formula is C16H10Cl3N3O3. The van der Waals surface area contributed by atoms with Gasteiger partial charge in [0.25, 0.3) is 11.8 Å². The molecule has 3 rings (SSSR count). The van der Waals surface area contributed by atoms with Crippen molar-refractivity contribution in [2.75, 3.05) is 11.9 Å². The van der Waals surface area contributed by atoms with Crippen LogP contribution in [0.25, 0.3) is 11.5 Å². The lowest BCUT2D eigenvalue weighted by Gasteiger charge is -2.09. The van der Waals surface area contributed by atoms with Crippen molar-refractivity contribution in [1.29, 1.82) is 0 Å². The summed E-state index contributed by atoms with van der Waals surface area (Å²) in [5.41, 5.74) is 0.992. The molecule has 2 aromatic carbocycles. The molecule has 0 aliphatic rings. The Morgan fingerprint density at radius 3 is 2.44 bits per heavy atom. The van der Waals surface area contributed by atoms with E-state index in [1.54, 1.807) is 0 Å². The zero-order valence-electron chi connectivity index (χ0n) is 12.5. The summed E-state index contributed by atoms with van der Waals surface area (Å²) >= 11 is 17.8. The topological polar surface area (TPSA) is 77.2 Å². The number of anilines is 1. The number of hydrogen-bond acceptors (Lipinski definition) is 5. The molecule has 6 nitrogen and oxygen atoms in total. The van der Waals surface area contributed by atoms with Crippen LogP contribution in [0.2, 0.25) is 15.1 Å². The fourth-order valence-electron chi connectivity index (χ4n) is 1.93. The number of nitrogens with one attached hydrogen (secondary N) is 1. The molecule has 0 bridgehead atoms. The fraction of sp³-hybridized carbons (Fsp3) is 0.0625. The quantitative estimate of drug-likeness (QED) is 0.673. The highest BCUT2D eigenvalue weighted by molar-refractivity contribution is 6.42. The summed E-state index contributed by atoms with van der Waals surface area (Å²) in [5.74, 6) is -0.203.